The van der Waals surface area contributed by atoms with E-state index in [2.05, 4.69) is 29.2 Å². The molecular weight excluding hydrogens is 414 g/mol. The summed E-state index contributed by atoms with van der Waals surface area (Å²) in [5, 5.41) is 6.65. The van der Waals surface area contributed by atoms with Crippen LogP contribution in [-0.2, 0) is 22.7 Å². The van der Waals surface area contributed by atoms with E-state index < -0.39 is 0 Å². The molecule has 2 amide bonds. The Labute approximate surface area is 196 Å². The first-order valence-corrected chi connectivity index (χ1v) is 11.5. The SMILES string of the molecule is [C-]#[N+]c1ccc(N(CC(=O)NCCCCC)CC(=O)N(C)N2Cc3ccccc3C2)c(C)c1. The number of hydrogen-bond acceptors (Lipinski definition) is 4. The second kappa shape index (κ2) is 11.5. The van der Waals surface area contributed by atoms with Crippen LogP contribution in [0.2, 0.25) is 0 Å². The summed E-state index contributed by atoms with van der Waals surface area (Å²) in [4.78, 5) is 31.2. The minimum Gasteiger partial charge on any atom is -0.355 e. The van der Waals surface area contributed by atoms with Crippen molar-refractivity contribution in [3.63, 3.8) is 0 Å². The Morgan fingerprint density at radius 2 is 1.79 bits per heavy atom. The standard InChI is InChI=1S/C26H33N5O2/c1-5-6-9-14-28-25(32)18-30(24-13-12-23(27-3)15-20(24)2)19-26(33)29(4)31-16-21-10-7-8-11-22(21)17-31/h7-8,10-13,15H,5-6,9,14,16-19H2,1-2,4H3,(H,28,32). The van der Waals surface area contributed by atoms with Gasteiger partial charge in [0, 0.05) is 32.4 Å². The minimum atomic E-state index is -0.108. The van der Waals surface area contributed by atoms with Gasteiger partial charge in [-0.3, -0.25) is 14.6 Å². The fourth-order valence-corrected chi connectivity index (χ4v) is 4.07. The number of benzene rings is 2. The number of amides is 2. The van der Waals surface area contributed by atoms with Crippen molar-refractivity contribution in [3.8, 4) is 0 Å². The predicted octanol–water partition coefficient (Wildman–Crippen LogP) is 4.05. The van der Waals surface area contributed by atoms with Crippen LogP contribution in [-0.4, -0.2) is 48.5 Å². The number of carbonyl (C=O) groups excluding carboxylic acids is 2. The summed E-state index contributed by atoms with van der Waals surface area (Å²) < 4.78 is 0. The van der Waals surface area contributed by atoms with Crippen LogP contribution in [0.25, 0.3) is 4.85 Å². The quantitative estimate of drug-likeness (QED) is 0.441. The van der Waals surface area contributed by atoms with Crippen molar-refractivity contribution >= 4 is 23.2 Å². The summed E-state index contributed by atoms with van der Waals surface area (Å²) in [6, 6.07) is 13.6. The average Bonchev–Trinajstić information content (AvgIpc) is 3.25. The van der Waals surface area contributed by atoms with Crippen LogP contribution in [0, 0.1) is 13.5 Å². The molecule has 7 nitrogen and oxygen atoms in total. The number of nitrogens with zero attached hydrogens (tertiary/aromatic N) is 4. The molecule has 1 aliphatic rings. The second-order valence-electron chi connectivity index (χ2n) is 8.50. The maximum atomic E-state index is 13.2. The molecule has 3 rings (SSSR count). The van der Waals surface area contributed by atoms with Gasteiger partial charge in [-0.05, 0) is 36.1 Å². The number of nitrogens with one attached hydrogen (secondary N) is 1. The van der Waals surface area contributed by atoms with Gasteiger partial charge in [0.05, 0.1) is 19.7 Å². The van der Waals surface area contributed by atoms with E-state index in [4.69, 9.17) is 6.57 Å². The molecule has 1 heterocycles. The predicted molar refractivity (Wildman–Crippen MR) is 131 cm³/mol. The van der Waals surface area contributed by atoms with E-state index in [1.165, 1.54) is 11.1 Å². The van der Waals surface area contributed by atoms with E-state index in [9.17, 15) is 9.59 Å². The normalized spacial score (nSPS) is 12.7. The summed E-state index contributed by atoms with van der Waals surface area (Å²) in [5.41, 5.74) is 4.65. The Morgan fingerprint density at radius 1 is 1.09 bits per heavy atom. The Hall–Kier alpha value is -3.37. The molecule has 0 aromatic heterocycles. The van der Waals surface area contributed by atoms with E-state index in [1.54, 1.807) is 29.1 Å². The van der Waals surface area contributed by atoms with Crippen LogP contribution in [0.3, 0.4) is 0 Å². The van der Waals surface area contributed by atoms with Crippen molar-refractivity contribution in [1.29, 1.82) is 0 Å². The molecule has 0 radical (unpaired) electrons. The van der Waals surface area contributed by atoms with Gasteiger partial charge in [0.25, 0.3) is 5.91 Å². The Kier molecular flexibility index (Phi) is 8.45. The number of likely N-dealkylation sites (N-methyl/N-ethyl adjacent to an activating group) is 1. The maximum Gasteiger partial charge on any atom is 0.256 e. The van der Waals surface area contributed by atoms with Gasteiger partial charge in [-0.2, -0.15) is 0 Å². The molecule has 2 aromatic rings. The Morgan fingerprint density at radius 3 is 2.39 bits per heavy atom. The van der Waals surface area contributed by atoms with Gasteiger partial charge in [-0.15, -0.1) is 0 Å². The maximum absolute atomic E-state index is 13.2. The van der Waals surface area contributed by atoms with Crippen molar-refractivity contribution in [2.75, 3.05) is 31.6 Å². The van der Waals surface area contributed by atoms with Crippen LogP contribution in [0.5, 0.6) is 0 Å². The van der Waals surface area contributed by atoms with Gasteiger partial charge in [0.2, 0.25) is 5.91 Å². The molecular formula is C26H33N5O2. The summed E-state index contributed by atoms with van der Waals surface area (Å²) in [5.74, 6) is -0.195. The molecule has 1 aliphatic heterocycles. The smallest absolute Gasteiger partial charge is 0.256 e. The zero-order valence-electron chi connectivity index (χ0n) is 19.8. The highest BCUT2D eigenvalue weighted by Gasteiger charge is 2.26. The zero-order chi connectivity index (χ0) is 23.8. The molecule has 0 spiro atoms. The van der Waals surface area contributed by atoms with Crippen molar-refractivity contribution < 1.29 is 9.59 Å². The van der Waals surface area contributed by atoms with Crippen LogP contribution in [0.15, 0.2) is 42.5 Å². The topological polar surface area (TPSA) is 60.3 Å². The summed E-state index contributed by atoms with van der Waals surface area (Å²) in [6.07, 6.45) is 3.11. The second-order valence-corrected chi connectivity index (χ2v) is 8.50. The first kappa shape index (κ1) is 24.3. The molecule has 7 heteroatoms. The van der Waals surface area contributed by atoms with Crippen molar-refractivity contribution in [2.45, 2.75) is 46.2 Å². The van der Waals surface area contributed by atoms with Gasteiger partial charge in [-0.25, -0.2) is 9.85 Å². The van der Waals surface area contributed by atoms with Crippen molar-refractivity contribution in [3.05, 3.63) is 70.6 Å². The van der Waals surface area contributed by atoms with E-state index in [1.807, 2.05) is 30.1 Å². The van der Waals surface area contributed by atoms with E-state index in [-0.39, 0.29) is 24.9 Å². The van der Waals surface area contributed by atoms with Crippen LogP contribution in [0.4, 0.5) is 11.4 Å². The zero-order valence-corrected chi connectivity index (χ0v) is 19.8. The largest absolute Gasteiger partial charge is 0.355 e. The molecule has 0 unspecified atom stereocenters. The molecule has 33 heavy (non-hydrogen) atoms. The molecule has 0 fully saturated rings. The molecule has 0 bridgehead atoms. The third-order valence-corrected chi connectivity index (χ3v) is 6.02. The lowest BCUT2D eigenvalue weighted by Crippen LogP contribution is -2.48. The van der Waals surface area contributed by atoms with Crippen LogP contribution < -0.4 is 10.2 Å². The number of unbranched alkanes of at least 4 members (excludes halogenated alkanes) is 2. The lowest BCUT2D eigenvalue weighted by molar-refractivity contribution is -0.145. The third-order valence-electron chi connectivity index (χ3n) is 6.02. The average molecular weight is 448 g/mol. The lowest BCUT2D eigenvalue weighted by Gasteiger charge is -2.32. The first-order chi connectivity index (χ1) is 15.9. The Bertz CT molecular complexity index is 1000. The van der Waals surface area contributed by atoms with E-state index in [0.717, 1.165) is 30.5 Å². The number of aryl methyl sites for hydroxylation is 1. The fraction of sp³-hybridized carbons (Fsp3) is 0.423. The third kappa shape index (κ3) is 6.33. The number of hydrogen-bond donors (Lipinski definition) is 1. The molecule has 2 aromatic carbocycles. The molecule has 0 saturated carbocycles. The summed E-state index contributed by atoms with van der Waals surface area (Å²) in [6.45, 7) is 13.4. The number of rotatable bonds is 10. The van der Waals surface area contributed by atoms with Gasteiger partial charge >= 0.3 is 0 Å². The van der Waals surface area contributed by atoms with Crippen molar-refractivity contribution in [2.24, 2.45) is 0 Å². The molecule has 0 atom stereocenters. The van der Waals surface area contributed by atoms with Crippen LogP contribution in [0.1, 0.15) is 42.9 Å². The fourth-order valence-electron chi connectivity index (χ4n) is 4.07. The highest BCUT2D eigenvalue weighted by atomic mass is 16.2. The van der Waals surface area contributed by atoms with Gasteiger partial charge < -0.3 is 10.2 Å². The molecule has 0 aliphatic carbocycles. The highest BCUT2D eigenvalue weighted by molar-refractivity contribution is 5.87. The highest BCUT2D eigenvalue weighted by Crippen LogP contribution is 2.26. The van der Waals surface area contributed by atoms with Crippen LogP contribution >= 0.6 is 0 Å². The van der Waals surface area contributed by atoms with Gasteiger partial charge in [0.1, 0.15) is 0 Å². The number of carbonyl (C=O) groups is 2. The molecule has 174 valence electrons. The van der Waals surface area contributed by atoms with E-state index >= 15 is 0 Å². The monoisotopic (exact) mass is 447 g/mol. The van der Waals surface area contributed by atoms with Gasteiger partial charge in [-0.1, -0.05) is 56.2 Å². The van der Waals surface area contributed by atoms with E-state index in [0.29, 0.717) is 25.3 Å². The number of anilines is 1. The lowest BCUT2D eigenvalue weighted by atomic mass is 10.1. The number of fused-ring (bicyclic) bond motifs is 1. The first-order valence-electron chi connectivity index (χ1n) is 11.5. The summed E-state index contributed by atoms with van der Waals surface area (Å²) >= 11 is 0. The van der Waals surface area contributed by atoms with Crippen molar-refractivity contribution in [1.82, 2.24) is 15.3 Å². The Balaban J connectivity index is 1.71. The molecule has 0 saturated heterocycles. The minimum absolute atomic E-state index is 0.0733. The number of hydrazine groups is 1. The molecule has 1 N–H and O–H groups in total. The van der Waals surface area contributed by atoms with Gasteiger partial charge in [0.15, 0.2) is 5.69 Å². The summed E-state index contributed by atoms with van der Waals surface area (Å²) in [7, 11) is 1.78.